The summed E-state index contributed by atoms with van der Waals surface area (Å²) in [6, 6.07) is 8.26. The van der Waals surface area contributed by atoms with E-state index in [1.807, 2.05) is 0 Å². The molecule has 3 N–H and O–H groups in total. The molecule has 10 heteroatoms. The molecule has 0 aliphatic heterocycles. The summed E-state index contributed by atoms with van der Waals surface area (Å²) in [6.45, 7) is 2.60. The summed E-state index contributed by atoms with van der Waals surface area (Å²) in [5.74, 6) is 0. The van der Waals surface area contributed by atoms with Crippen LogP contribution in [0.15, 0.2) is 58.6 Å². The minimum absolute atomic E-state index is 0.208. The Morgan fingerprint density at radius 2 is 1.60 bits per heavy atom. The Kier molecular flexibility index (Phi) is 5.47. The lowest BCUT2D eigenvalue weighted by molar-refractivity contribution is 0.0857. The van der Waals surface area contributed by atoms with E-state index in [-0.39, 0.29) is 12.2 Å². The van der Waals surface area contributed by atoms with Crippen molar-refractivity contribution in [1.29, 1.82) is 0 Å². The van der Waals surface area contributed by atoms with E-state index in [1.54, 1.807) is 6.07 Å². The number of hydrogen-bond acceptors (Lipinski definition) is 6. The largest absolute Gasteiger partial charge is 0.389 e. The summed E-state index contributed by atoms with van der Waals surface area (Å²) in [5.41, 5.74) is -1.08. The summed E-state index contributed by atoms with van der Waals surface area (Å²) >= 11 is 0. The number of hydrogen-bond donors (Lipinski definition) is 3. The second kappa shape index (κ2) is 7.08. The van der Waals surface area contributed by atoms with Gasteiger partial charge in [-0.3, -0.25) is 9.71 Å². The number of anilines is 1. The van der Waals surface area contributed by atoms with E-state index in [9.17, 15) is 21.9 Å². The maximum absolute atomic E-state index is 12.6. The molecule has 0 bridgehead atoms. The van der Waals surface area contributed by atoms with Gasteiger partial charge in [0.2, 0.25) is 10.0 Å². The molecule has 0 unspecified atom stereocenters. The minimum Gasteiger partial charge on any atom is -0.389 e. The predicted molar refractivity (Wildman–Crippen MR) is 93.0 cm³/mol. The van der Waals surface area contributed by atoms with Gasteiger partial charge in [-0.05, 0) is 38.1 Å². The summed E-state index contributed by atoms with van der Waals surface area (Å²) in [7, 11) is -8.30. The van der Waals surface area contributed by atoms with Crippen LogP contribution in [0.5, 0.6) is 0 Å². The first-order valence-electron chi connectivity index (χ1n) is 7.25. The molecule has 2 rings (SSSR count). The number of aliphatic hydroxyl groups is 1. The summed E-state index contributed by atoms with van der Waals surface area (Å²) in [6.07, 6.45) is 2.79. The van der Waals surface area contributed by atoms with Crippen LogP contribution >= 0.6 is 0 Å². The van der Waals surface area contributed by atoms with Crippen molar-refractivity contribution in [3.05, 3.63) is 48.8 Å². The van der Waals surface area contributed by atoms with Gasteiger partial charge < -0.3 is 5.11 Å². The molecule has 136 valence electrons. The standard InChI is InChI=1S/C15H19N3O5S2/c1-15(2,19)11-17-24(20,21)13-7-3-4-8-14(13)25(22,23)18-12-6-5-9-16-10-12/h3-10,17-19H,11H2,1-2H3. The van der Waals surface area contributed by atoms with E-state index in [0.29, 0.717) is 0 Å². The van der Waals surface area contributed by atoms with Crippen LogP contribution in [-0.4, -0.2) is 39.1 Å². The molecule has 0 atom stereocenters. The molecule has 25 heavy (non-hydrogen) atoms. The molecule has 0 fully saturated rings. The number of rotatable bonds is 7. The average Bonchev–Trinajstić information content (AvgIpc) is 2.53. The molecule has 1 aromatic heterocycles. The van der Waals surface area contributed by atoms with Gasteiger partial charge in [0, 0.05) is 12.7 Å². The zero-order valence-electron chi connectivity index (χ0n) is 13.7. The lowest BCUT2D eigenvalue weighted by Crippen LogP contribution is -2.38. The molecule has 0 saturated carbocycles. The Hall–Kier alpha value is -2.01. The molecule has 2 aromatic rings. The molecule has 0 spiro atoms. The Balaban J connectivity index is 2.40. The van der Waals surface area contributed by atoms with Gasteiger partial charge in [0.15, 0.2) is 0 Å². The van der Waals surface area contributed by atoms with Gasteiger partial charge in [0.05, 0.1) is 17.5 Å². The summed E-state index contributed by atoms with van der Waals surface area (Å²) < 4.78 is 54.6. The minimum atomic E-state index is -4.15. The van der Waals surface area contributed by atoms with Crippen molar-refractivity contribution < 1.29 is 21.9 Å². The fourth-order valence-electron chi connectivity index (χ4n) is 1.88. The molecular formula is C15H19N3O5S2. The van der Waals surface area contributed by atoms with Crippen LogP contribution in [0, 0.1) is 0 Å². The van der Waals surface area contributed by atoms with Gasteiger partial charge in [-0.25, -0.2) is 21.6 Å². The van der Waals surface area contributed by atoms with Gasteiger partial charge in [0.1, 0.15) is 9.79 Å². The molecule has 1 heterocycles. The number of aromatic nitrogens is 1. The fraction of sp³-hybridized carbons (Fsp3) is 0.267. The molecule has 0 aliphatic rings. The Morgan fingerprint density at radius 1 is 1.00 bits per heavy atom. The van der Waals surface area contributed by atoms with E-state index in [4.69, 9.17) is 0 Å². The maximum atomic E-state index is 12.6. The van der Waals surface area contributed by atoms with Gasteiger partial charge in [-0.2, -0.15) is 0 Å². The molecular weight excluding hydrogens is 366 g/mol. The van der Waals surface area contributed by atoms with Crippen LogP contribution in [0.25, 0.3) is 0 Å². The van der Waals surface area contributed by atoms with Crippen molar-refractivity contribution in [2.24, 2.45) is 0 Å². The highest BCUT2D eigenvalue weighted by Crippen LogP contribution is 2.23. The molecule has 0 radical (unpaired) electrons. The van der Waals surface area contributed by atoms with Crippen molar-refractivity contribution in [2.75, 3.05) is 11.3 Å². The second-order valence-electron chi connectivity index (χ2n) is 5.93. The van der Waals surface area contributed by atoms with Gasteiger partial charge >= 0.3 is 0 Å². The normalized spacial score (nSPS) is 12.8. The lowest BCUT2D eigenvalue weighted by atomic mass is 10.1. The molecule has 1 aromatic carbocycles. The first-order chi connectivity index (χ1) is 11.5. The monoisotopic (exact) mass is 385 g/mol. The van der Waals surface area contributed by atoms with Crippen LogP contribution in [0.1, 0.15) is 13.8 Å². The van der Waals surface area contributed by atoms with Gasteiger partial charge in [0.25, 0.3) is 10.0 Å². The third-order valence-corrected chi connectivity index (χ3v) is 6.06. The van der Waals surface area contributed by atoms with Gasteiger partial charge in [-0.15, -0.1) is 0 Å². The Morgan fingerprint density at radius 3 is 2.12 bits per heavy atom. The Bertz CT molecular complexity index is 937. The van der Waals surface area contributed by atoms with Crippen LogP contribution in [0.3, 0.4) is 0 Å². The van der Waals surface area contributed by atoms with Crippen LogP contribution in [-0.2, 0) is 20.0 Å². The highest BCUT2D eigenvalue weighted by molar-refractivity contribution is 7.94. The first-order valence-corrected chi connectivity index (χ1v) is 10.2. The smallest absolute Gasteiger partial charge is 0.263 e. The third-order valence-electron chi connectivity index (χ3n) is 3.04. The number of nitrogens with one attached hydrogen (secondary N) is 2. The third kappa shape index (κ3) is 5.23. The number of benzene rings is 1. The first kappa shape index (κ1) is 19.3. The van der Waals surface area contributed by atoms with Crippen molar-refractivity contribution in [2.45, 2.75) is 29.2 Å². The zero-order chi connectivity index (χ0) is 18.7. The SMILES string of the molecule is CC(C)(O)CNS(=O)(=O)c1ccccc1S(=O)(=O)Nc1cccnc1. The fourth-order valence-corrected chi connectivity index (χ4v) is 4.96. The topological polar surface area (TPSA) is 125 Å². The van der Waals surface area contributed by atoms with Crippen LogP contribution in [0.2, 0.25) is 0 Å². The molecule has 0 amide bonds. The maximum Gasteiger partial charge on any atom is 0.263 e. The van der Waals surface area contributed by atoms with Gasteiger partial charge in [-0.1, -0.05) is 12.1 Å². The van der Waals surface area contributed by atoms with Crippen LogP contribution < -0.4 is 9.44 Å². The highest BCUT2D eigenvalue weighted by Gasteiger charge is 2.27. The van der Waals surface area contributed by atoms with E-state index in [2.05, 4.69) is 14.4 Å². The average molecular weight is 385 g/mol. The lowest BCUT2D eigenvalue weighted by Gasteiger charge is -2.19. The van der Waals surface area contributed by atoms with E-state index >= 15 is 0 Å². The van der Waals surface area contributed by atoms with Crippen molar-refractivity contribution in [1.82, 2.24) is 9.71 Å². The molecule has 8 nitrogen and oxygen atoms in total. The van der Waals surface area contributed by atoms with Crippen molar-refractivity contribution >= 4 is 25.7 Å². The quantitative estimate of drug-likeness (QED) is 0.651. The van der Waals surface area contributed by atoms with E-state index in [1.165, 1.54) is 56.6 Å². The highest BCUT2D eigenvalue weighted by atomic mass is 32.2. The van der Waals surface area contributed by atoms with Crippen molar-refractivity contribution in [3.8, 4) is 0 Å². The zero-order valence-corrected chi connectivity index (χ0v) is 15.3. The van der Waals surface area contributed by atoms with Crippen molar-refractivity contribution in [3.63, 3.8) is 0 Å². The van der Waals surface area contributed by atoms with E-state index < -0.39 is 35.4 Å². The van der Waals surface area contributed by atoms with Crippen LogP contribution in [0.4, 0.5) is 5.69 Å². The molecule has 0 saturated heterocycles. The summed E-state index contributed by atoms with van der Waals surface area (Å²) in [4.78, 5) is 3.00. The Labute approximate surface area is 147 Å². The van der Waals surface area contributed by atoms with E-state index in [0.717, 1.165) is 0 Å². The molecule has 0 aliphatic carbocycles. The number of sulfonamides is 2. The predicted octanol–water partition coefficient (Wildman–Crippen LogP) is 0.932. The number of pyridine rings is 1. The second-order valence-corrected chi connectivity index (χ2v) is 9.32. The summed E-state index contributed by atoms with van der Waals surface area (Å²) in [5, 5.41) is 9.69. The number of nitrogens with zero attached hydrogens (tertiary/aromatic N) is 1.